The third-order valence-electron chi connectivity index (χ3n) is 5.12. The SMILES string of the molecule is CCC(=O)[C@@H]1C[C@H](F)CC1CNc1cccc(-c2ccccc2Cl)c1F. The minimum atomic E-state index is -0.957. The molecule has 0 amide bonds. The standard InChI is InChI=1S/C21H22ClF2NO/c1-2-20(26)17-11-14(23)10-13(17)12-25-19-9-5-7-16(21(19)24)15-6-3-4-8-18(15)22/h3-9,13-14,17,25H,2,10-12H2,1H3/t13?,14-,17-/m1/s1. The number of nitrogens with one attached hydrogen (secondary N) is 1. The number of alkyl halides is 1. The summed E-state index contributed by atoms with van der Waals surface area (Å²) in [4.78, 5) is 12.0. The number of hydrogen-bond donors (Lipinski definition) is 1. The molecule has 26 heavy (non-hydrogen) atoms. The average molecular weight is 378 g/mol. The Bertz CT molecular complexity index is 795. The van der Waals surface area contributed by atoms with Crippen molar-refractivity contribution in [1.29, 1.82) is 0 Å². The molecule has 1 aliphatic carbocycles. The lowest BCUT2D eigenvalue weighted by molar-refractivity contribution is -0.123. The van der Waals surface area contributed by atoms with Crippen molar-refractivity contribution in [2.45, 2.75) is 32.4 Å². The van der Waals surface area contributed by atoms with Crippen LogP contribution in [-0.2, 0) is 4.79 Å². The van der Waals surface area contributed by atoms with Gasteiger partial charge in [-0.25, -0.2) is 8.78 Å². The van der Waals surface area contributed by atoms with Crippen LogP contribution in [0.2, 0.25) is 5.02 Å². The zero-order valence-electron chi connectivity index (χ0n) is 14.6. The lowest BCUT2D eigenvalue weighted by atomic mass is 9.90. The van der Waals surface area contributed by atoms with E-state index in [0.717, 1.165) is 0 Å². The highest BCUT2D eigenvalue weighted by molar-refractivity contribution is 6.33. The molecule has 2 aromatic carbocycles. The van der Waals surface area contributed by atoms with Gasteiger partial charge in [-0.05, 0) is 30.9 Å². The Morgan fingerprint density at radius 3 is 2.62 bits per heavy atom. The average Bonchev–Trinajstić information content (AvgIpc) is 3.01. The fraction of sp³-hybridized carbons (Fsp3) is 0.381. The molecule has 3 rings (SSSR count). The van der Waals surface area contributed by atoms with Crippen LogP contribution in [0.25, 0.3) is 11.1 Å². The smallest absolute Gasteiger partial charge is 0.154 e. The predicted octanol–water partition coefficient (Wildman–Crippen LogP) is 5.90. The van der Waals surface area contributed by atoms with Crippen molar-refractivity contribution >= 4 is 23.1 Å². The normalized spacial score (nSPS) is 22.4. The number of halogens is 3. The number of hydrogen-bond acceptors (Lipinski definition) is 2. The lowest BCUT2D eigenvalue weighted by Gasteiger charge is -2.19. The van der Waals surface area contributed by atoms with E-state index in [4.69, 9.17) is 11.6 Å². The molecular formula is C21H22ClF2NO. The van der Waals surface area contributed by atoms with Crippen LogP contribution in [0, 0.1) is 17.7 Å². The van der Waals surface area contributed by atoms with Crippen molar-refractivity contribution in [2.75, 3.05) is 11.9 Å². The van der Waals surface area contributed by atoms with Crippen LogP contribution < -0.4 is 5.32 Å². The second kappa shape index (κ2) is 8.17. The summed E-state index contributed by atoms with van der Waals surface area (Å²) in [5.74, 6) is -0.700. The maximum atomic E-state index is 14.9. The van der Waals surface area contributed by atoms with E-state index in [2.05, 4.69) is 5.32 Å². The number of carbonyl (C=O) groups excluding carboxylic acids is 1. The first kappa shape index (κ1) is 18.8. The Balaban J connectivity index is 1.78. The van der Waals surface area contributed by atoms with Gasteiger partial charge in [-0.1, -0.05) is 48.9 Å². The number of rotatable bonds is 6. The summed E-state index contributed by atoms with van der Waals surface area (Å²) in [5.41, 5.74) is 1.38. The van der Waals surface area contributed by atoms with Crippen molar-refractivity contribution < 1.29 is 13.6 Å². The molecule has 0 heterocycles. The molecule has 3 atom stereocenters. The van der Waals surface area contributed by atoms with E-state index in [-0.39, 0.29) is 24.0 Å². The van der Waals surface area contributed by atoms with Crippen LogP contribution in [-0.4, -0.2) is 18.5 Å². The highest BCUT2D eigenvalue weighted by Gasteiger charge is 2.37. The summed E-state index contributed by atoms with van der Waals surface area (Å²) in [6.45, 7) is 2.17. The third-order valence-corrected chi connectivity index (χ3v) is 5.45. The highest BCUT2D eigenvalue weighted by atomic mass is 35.5. The summed E-state index contributed by atoms with van der Waals surface area (Å²) in [6.07, 6.45) is 0.0716. The van der Waals surface area contributed by atoms with Gasteiger partial charge in [-0.2, -0.15) is 0 Å². The van der Waals surface area contributed by atoms with Crippen LogP contribution in [0.4, 0.5) is 14.5 Å². The van der Waals surface area contributed by atoms with Gasteiger partial charge in [0, 0.05) is 35.0 Å². The van der Waals surface area contributed by atoms with Crippen molar-refractivity contribution in [3.05, 3.63) is 53.3 Å². The Hall–Kier alpha value is -1.94. The van der Waals surface area contributed by atoms with Gasteiger partial charge >= 0.3 is 0 Å². The van der Waals surface area contributed by atoms with Crippen LogP contribution in [0.3, 0.4) is 0 Å². The van der Waals surface area contributed by atoms with Gasteiger partial charge in [0.2, 0.25) is 0 Å². The first-order valence-corrected chi connectivity index (χ1v) is 9.33. The van der Waals surface area contributed by atoms with Crippen molar-refractivity contribution in [1.82, 2.24) is 0 Å². The summed E-state index contributed by atoms with van der Waals surface area (Å²) in [5, 5.41) is 3.56. The second-order valence-electron chi connectivity index (χ2n) is 6.78. The number of carbonyl (C=O) groups is 1. The zero-order chi connectivity index (χ0) is 18.7. The minimum absolute atomic E-state index is 0.0854. The predicted molar refractivity (Wildman–Crippen MR) is 102 cm³/mol. The molecule has 1 fully saturated rings. The fourth-order valence-corrected chi connectivity index (χ4v) is 3.97. The quantitative estimate of drug-likeness (QED) is 0.678. The Morgan fingerprint density at radius 1 is 1.15 bits per heavy atom. The Kier molecular flexibility index (Phi) is 5.92. The molecule has 0 radical (unpaired) electrons. The molecule has 1 saturated carbocycles. The molecule has 1 N–H and O–H groups in total. The van der Waals surface area contributed by atoms with Gasteiger partial charge in [0.15, 0.2) is 5.82 Å². The molecule has 0 aliphatic heterocycles. The Morgan fingerprint density at radius 2 is 1.88 bits per heavy atom. The van der Waals surface area contributed by atoms with Gasteiger partial charge in [0.1, 0.15) is 12.0 Å². The van der Waals surface area contributed by atoms with E-state index in [1.54, 1.807) is 43.3 Å². The lowest BCUT2D eigenvalue weighted by Crippen LogP contribution is -2.24. The number of ketones is 1. The monoisotopic (exact) mass is 377 g/mol. The van der Waals surface area contributed by atoms with E-state index in [9.17, 15) is 13.6 Å². The van der Waals surface area contributed by atoms with Crippen molar-refractivity contribution in [3.63, 3.8) is 0 Å². The molecule has 0 saturated heterocycles. The topological polar surface area (TPSA) is 29.1 Å². The van der Waals surface area contributed by atoms with Crippen molar-refractivity contribution in [3.8, 4) is 11.1 Å². The van der Waals surface area contributed by atoms with Gasteiger partial charge in [-0.15, -0.1) is 0 Å². The summed E-state index contributed by atoms with van der Waals surface area (Å²) >= 11 is 6.18. The maximum absolute atomic E-state index is 14.9. The maximum Gasteiger partial charge on any atom is 0.154 e. The van der Waals surface area contributed by atoms with Gasteiger partial charge < -0.3 is 5.32 Å². The molecular weight excluding hydrogens is 356 g/mol. The molecule has 5 heteroatoms. The van der Waals surface area contributed by atoms with E-state index < -0.39 is 12.0 Å². The molecule has 1 unspecified atom stereocenters. The summed E-state index contributed by atoms with van der Waals surface area (Å²) in [6, 6.07) is 12.2. The fourth-order valence-electron chi connectivity index (χ4n) is 3.74. The van der Waals surface area contributed by atoms with Gasteiger partial charge in [0.25, 0.3) is 0 Å². The van der Waals surface area contributed by atoms with Crippen molar-refractivity contribution in [2.24, 2.45) is 11.8 Å². The van der Waals surface area contributed by atoms with E-state index in [1.807, 2.05) is 6.07 Å². The highest BCUT2D eigenvalue weighted by Crippen LogP contribution is 2.37. The number of anilines is 1. The Labute approximate surface area is 157 Å². The summed E-state index contributed by atoms with van der Waals surface area (Å²) in [7, 11) is 0. The molecule has 138 valence electrons. The molecule has 2 aromatic rings. The largest absolute Gasteiger partial charge is 0.382 e. The third kappa shape index (κ3) is 3.90. The van der Waals surface area contributed by atoms with Gasteiger partial charge in [0.05, 0.1) is 5.69 Å². The van der Waals surface area contributed by atoms with Crippen LogP contribution in [0.1, 0.15) is 26.2 Å². The molecule has 1 aliphatic rings. The van der Waals surface area contributed by atoms with Crippen LogP contribution >= 0.6 is 11.6 Å². The zero-order valence-corrected chi connectivity index (χ0v) is 15.4. The van der Waals surface area contributed by atoms with E-state index in [0.29, 0.717) is 41.2 Å². The number of benzene rings is 2. The number of Topliss-reactive ketones (excluding diaryl/α,β-unsaturated/α-hetero) is 1. The minimum Gasteiger partial charge on any atom is -0.382 e. The molecule has 0 bridgehead atoms. The molecule has 0 spiro atoms. The first-order valence-electron chi connectivity index (χ1n) is 8.95. The molecule has 0 aromatic heterocycles. The van der Waals surface area contributed by atoms with Crippen LogP contribution in [0.15, 0.2) is 42.5 Å². The second-order valence-corrected chi connectivity index (χ2v) is 7.19. The van der Waals surface area contributed by atoms with E-state index in [1.165, 1.54) is 0 Å². The van der Waals surface area contributed by atoms with E-state index >= 15 is 0 Å². The molecule has 2 nitrogen and oxygen atoms in total. The first-order chi connectivity index (χ1) is 12.5. The summed E-state index contributed by atoms with van der Waals surface area (Å²) < 4.78 is 28.7. The van der Waals surface area contributed by atoms with Crippen LogP contribution in [0.5, 0.6) is 0 Å². The van der Waals surface area contributed by atoms with Gasteiger partial charge in [-0.3, -0.25) is 4.79 Å².